The van der Waals surface area contributed by atoms with E-state index in [0.29, 0.717) is 6.42 Å². The van der Waals surface area contributed by atoms with Crippen LogP contribution in [0.4, 0.5) is 0 Å². The van der Waals surface area contributed by atoms with Gasteiger partial charge >= 0.3 is 0 Å². The first kappa shape index (κ1) is 15.5. The lowest BCUT2D eigenvalue weighted by atomic mass is 9.82. The Balaban J connectivity index is 1.68. The summed E-state index contributed by atoms with van der Waals surface area (Å²) in [6.45, 7) is 0. The Hall–Kier alpha value is -3.07. The second-order valence-electron chi connectivity index (χ2n) is 6.38. The number of nitrogens with zero attached hydrogens (tertiary/aromatic N) is 1. The van der Waals surface area contributed by atoms with Crippen molar-refractivity contribution in [1.29, 1.82) is 0 Å². The summed E-state index contributed by atoms with van der Waals surface area (Å²) in [5, 5.41) is 13.9. The molecule has 0 fully saturated rings. The number of rotatable bonds is 4. The van der Waals surface area contributed by atoms with Crippen LogP contribution >= 0.6 is 0 Å². The molecule has 3 aromatic rings. The van der Waals surface area contributed by atoms with Crippen molar-refractivity contribution in [3.63, 3.8) is 0 Å². The predicted molar refractivity (Wildman–Crippen MR) is 98.6 cm³/mol. The van der Waals surface area contributed by atoms with Gasteiger partial charge in [0.05, 0.1) is 5.71 Å². The average molecular weight is 329 g/mol. The molecule has 3 aromatic carbocycles. The first-order chi connectivity index (χ1) is 12.3. The van der Waals surface area contributed by atoms with Gasteiger partial charge in [-0.1, -0.05) is 65.8 Å². The molecule has 0 amide bonds. The number of hydrogen-bond acceptors (Lipinski definition) is 3. The van der Waals surface area contributed by atoms with Crippen molar-refractivity contribution in [3.8, 4) is 5.75 Å². The molecular weight excluding hydrogens is 310 g/mol. The second-order valence-corrected chi connectivity index (χ2v) is 6.38. The van der Waals surface area contributed by atoms with Gasteiger partial charge in [0.15, 0.2) is 5.60 Å². The first-order valence-electron chi connectivity index (χ1n) is 8.39. The van der Waals surface area contributed by atoms with Crippen molar-refractivity contribution >= 4 is 5.71 Å². The molecule has 0 saturated carbocycles. The molecule has 1 aliphatic rings. The van der Waals surface area contributed by atoms with Gasteiger partial charge in [0, 0.05) is 12.8 Å². The summed E-state index contributed by atoms with van der Waals surface area (Å²) in [6, 6.07) is 27.7. The van der Waals surface area contributed by atoms with Gasteiger partial charge in [-0.2, -0.15) is 0 Å². The minimum Gasteiger partial charge on any atom is -0.508 e. The van der Waals surface area contributed by atoms with E-state index in [2.05, 4.69) is 29.4 Å². The van der Waals surface area contributed by atoms with Crippen molar-refractivity contribution < 1.29 is 9.94 Å². The molecule has 0 aromatic heterocycles. The van der Waals surface area contributed by atoms with Crippen LogP contribution in [0, 0.1) is 0 Å². The van der Waals surface area contributed by atoms with E-state index in [9.17, 15) is 5.11 Å². The summed E-state index contributed by atoms with van der Waals surface area (Å²) >= 11 is 0. The van der Waals surface area contributed by atoms with E-state index in [1.807, 2.05) is 48.5 Å². The maximum atomic E-state index is 9.50. The van der Waals surface area contributed by atoms with Crippen LogP contribution < -0.4 is 0 Å². The molecule has 1 atom stereocenters. The summed E-state index contributed by atoms with van der Waals surface area (Å²) in [7, 11) is 0. The highest BCUT2D eigenvalue weighted by Crippen LogP contribution is 2.39. The highest BCUT2D eigenvalue weighted by Gasteiger charge is 2.41. The Labute approximate surface area is 147 Å². The molecule has 0 radical (unpaired) electrons. The number of phenols is 1. The Bertz CT molecular complexity index is 873. The van der Waals surface area contributed by atoms with Gasteiger partial charge in [-0.15, -0.1) is 0 Å². The minimum atomic E-state index is -0.504. The lowest BCUT2D eigenvalue weighted by Gasteiger charge is -2.27. The van der Waals surface area contributed by atoms with Crippen LogP contribution in [-0.4, -0.2) is 10.8 Å². The van der Waals surface area contributed by atoms with Gasteiger partial charge in [-0.3, -0.25) is 0 Å². The molecule has 0 bridgehead atoms. The third-order valence-electron chi connectivity index (χ3n) is 4.62. The molecule has 1 aliphatic heterocycles. The summed E-state index contributed by atoms with van der Waals surface area (Å²) < 4.78 is 0. The average Bonchev–Trinajstić information content (AvgIpc) is 3.09. The van der Waals surface area contributed by atoms with Crippen molar-refractivity contribution in [1.82, 2.24) is 0 Å². The van der Waals surface area contributed by atoms with E-state index < -0.39 is 5.60 Å². The molecule has 3 heteroatoms. The van der Waals surface area contributed by atoms with Crippen molar-refractivity contribution in [3.05, 3.63) is 102 Å². The summed E-state index contributed by atoms with van der Waals surface area (Å²) in [5.74, 6) is 0.252. The fourth-order valence-electron chi connectivity index (χ4n) is 3.31. The predicted octanol–water partition coefficient (Wildman–Crippen LogP) is 4.65. The molecule has 1 N–H and O–H groups in total. The van der Waals surface area contributed by atoms with E-state index in [1.165, 1.54) is 5.56 Å². The molecule has 0 aliphatic carbocycles. The fraction of sp³-hybridized carbons (Fsp3) is 0.136. The van der Waals surface area contributed by atoms with Crippen LogP contribution in [0.3, 0.4) is 0 Å². The molecule has 0 spiro atoms. The highest BCUT2D eigenvalue weighted by atomic mass is 16.7. The standard InChI is InChI=1S/C22H19NO2/c24-20-13-11-18(12-14-20)21-16-22(25-23-21,19-9-5-2-6-10-19)15-17-7-3-1-4-8-17/h1-14,24H,15-16H2. The number of phenolic OH excluding ortho intramolecular Hbond substituents is 1. The maximum absolute atomic E-state index is 9.50. The zero-order valence-corrected chi connectivity index (χ0v) is 13.8. The van der Waals surface area contributed by atoms with E-state index in [0.717, 1.165) is 23.3 Å². The summed E-state index contributed by atoms with van der Waals surface area (Å²) in [6.07, 6.45) is 1.44. The third kappa shape index (κ3) is 3.13. The number of benzene rings is 3. The monoisotopic (exact) mass is 329 g/mol. The van der Waals surface area contributed by atoms with Gasteiger partial charge in [0.2, 0.25) is 0 Å². The Morgan fingerprint density at radius 3 is 2.16 bits per heavy atom. The van der Waals surface area contributed by atoms with Crippen molar-refractivity contribution in [2.75, 3.05) is 0 Å². The van der Waals surface area contributed by atoms with Crippen molar-refractivity contribution in [2.45, 2.75) is 18.4 Å². The fourth-order valence-corrected chi connectivity index (χ4v) is 3.31. The lowest BCUT2D eigenvalue weighted by Crippen LogP contribution is -2.29. The molecular formula is C22H19NO2. The minimum absolute atomic E-state index is 0.252. The lowest BCUT2D eigenvalue weighted by molar-refractivity contribution is -0.0230. The van der Waals surface area contributed by atoms with Crippen LogP contribution in [0.25, 0.3) is 0 Å². The smallest absolute Gasteiger partial charge is 0.172 e. The third-order valence-corrected chi connectivity index (χ3v) is 4.62. The summed E-state index contributed by atoms with van der Waals surface area (Å²) in [5.41, 5.74) is 3.71. The van der Waals surface area contributed by atoms with Gasteiger partial charge in [0.25, 0.3) is 0 Å². The van der Waals surface area contributed by atoms with Crippen LogP contribution in [0.1, 0.15) is 23.1 Å². The quantitative estimate of drug-likeness (QED) is 0.757. The molecule has 3 nitrogen and oxygen atoms in total. The molecule has 124 valence electrons. The van der Waals surface area contributed by atoms with Gasteiger partial charge in [-0.25, -0.2) is 0 Å². The van der Waals surface area contributed by atoms with E-state index in [4.69, 9.17) is 4.84 Å². The molecule has 4 rings (SSSR count). The topological polar surface area (TPSA) is 41.8 Å². The number of aromatic hydroxyl groups is 1. The Morgan fingerprint density at radius 1 is 0.840 bits per heavy atom. The first-order valence-corrected chi connectivity index (χ1v) is 8.39. The second kappa shape index (κ2) is 6.44. The van der Waals surface area contributed by atoms with E-state index in [-0.39, 0.29) is 5.75 Å². The SMILES string of the molecule is Oc1ccc(C2=NOC(Cc3ccccc3)(c3ccccc3)C2)cc1. The van der Waals surface area contributed by atoms with Crippen LogP contribution in [0.15, 0.2) is 90.1 Å². The number of oxime groups is 1. The highest BCUT2D eigenvalue weighted by molar-refractivity contribution is 6.01. The molecule has 1 unspecified atom stereocenters. The largest absolute Gasteiger partial charge is 0.508 e. The number of hydrogen-bond donors (Lipinski definition) is 1. The zero-order valence-electron chi connectivity index (χ0n) is 13.8. The van der Waals surface area contributed by atoms with Gasteiger partial charge in [-0.05, 0) is 41.0 Å². The van der Waals surface area contributed by atoms with E-state index in [1.54, 1.807) is 12.1 Å². The summed E-state index contributed by atoms with van der Waals surface area (Å²) in [4.78, 5) is 6.05. The molecule has 25 heavy (non-hydrogen) atoms. The zero-order chi connectivity index (χ0) is 17.1. The molecule has 1 heterocycles. The maximum Gasteiger partial charge on any atom is 0.172 e. The van der Waals surface area contributed by atoms with Gasteiger partial charge < -0.3 is 9.94 Å². The van der Waals surface area contributed by atoms with Gasteiger partial charge in [0.1, 0.15) is 5.75 Å². The van der Waals surface area contributed by atoms with Crippen LogP contribution in [0.5, 0.6) is 5.75 Å². The van der Waals surface area contributed by atoms with Crippen molar-refractivity contribution in [2.24, 2.45) is 5.16 Å². The van der Waals surface area contributed by atoms with E-state index >= 15 is 0 Å². The Morgan fingerprint density at radius 2 is 1.48 bits per heavy atom. The van der Waals surface area contributed by atoms with Crippen LogP contribution in [0.2, 0.25) is 0 Å². The molecule has 0 saturated heterocycles. The Kier molecular flexibility index (Phi) is 3.98. The van der Waals surface area contributed by atoms with Crippen LogP contribution in [-0.2, 0) is 16.9 Å². The normalized spacial score (nSPS) is 19.3.